The lowest BCUT2D eigenvalue weighted by atomic mass is 10.2. The van der Waals surface area contributed by atoms with Gasteiger partial charge in [0.25, 0.3) is 0 Å². The quantitative estimate of drug-likeness (QED) is 0.759. The van der Waals surface area contributed by atoms with Crippen molar-refractivity contribution in [2.75, 3.05) is 19.0 Å². The summed E-state index contributed by atoms with van der Waals surface area (Å²) < 4.78 is 5.00. The first-order valence-corrected chi connectivity index (χ1v) is 5.01. The summed E-state index contributed by atoms with van der Waals surface area (Å²) in [7, 11) is 1.44. The molecule has 90 valence electrons. The minimum absolute atomic E-state index is 0.0990. The van der Waals surface area contributed by atoms with Crippen LogP contribution in [0.5, 0.6) is 0 Å². The highest BCUT2D eigenvalue weighted by Crippen LogP contribution is 2.10. The number of carbonyl (C=O) groups is 1. The summed E-state index contributed by atoms with van der Waals surface area (Å²) in [6, 6.07) is 5.29. The van der Waals surface area contributed by atoms with Crippen LogP contribution in [0.2, 0.25) is 0 Å². The van der Waals surface area contributed by atoms with Crippen LogP contribution in [0.1, 0.15) is 12.0 Å². The Balaban J connectivity index is 2.60. The van der Waals surface area contributed by atoms with Crippen molar-refractivity contribution in [3.05, 3.63) is 23.9 Å². The predicted octanol–water partition coefficient (Wildman–Crippen LogP) is 0.855. The fraction of sp³-hybridized carbons (Fsp3) is 0.364. The van der Waals surface area contributed by atoms with Crippen LogP contribution in [0.4, 0.5) is 5.82 Å². The highest BCUT2D eigenvalue weighted by atomic mass is 16.5. The summed E-state index contributed by atoms with van der Waals surface area (Å²) in [5, 5.41) is 20.4. The van der Waals surface area contributed by atoms with Gasteiger partial charge in [-0.25, -0.2) is 4.98 Å². The van der Waals surface area contributed by atoms with E-state index in [1.54, 1.807) is 18.3 Å². The number of rotatable bonds is 6. The van der Waals surface area contributed by atoms with Crippen molar-refractivity contribution < 1.29 is 14.6 Å². The molecule has 1 unspecified atom stereocenters. The number of hydrogen-bond acceptors (Lipinski definition) is 5. The Morgan fingerprint density at radius 1 is 1.76 bits per heavy atom. The summed E-state index contributed by atoms with van der Waals surface area (Å²) >= 11 is 0. The van der Waals surface area contributed by atoms with Crippen LogP contribution < -0.4 is 5.32 Å². The molecule has 17 heavy (non-hydrogen) atoms. The van der Waals surface area contributed by atoms with E-state index in [9.17, 15) is 4.79 Å². The molecule has 0 spiro atoms. The number of aliphatic carboxylic acids is 1. The van der Waals surface area contributed by atoms with Crippen LogP contribution in [0.3, 0.4) is 0 Å². The molecule has 0 saturated heterocycles. The van der Waals surface area contributed by atoms with Gasteiger partial charge in [-0.15, -0.1) is 0 Å². The molecule has 1 rings (SSSR count). The highest BCUT2D eigenvalue weighted by molar-refractivity contribution is 5.67. The van der Waals surface area contributed by atoms with Gasteiger partial charge in [-0.1, -0.05) is 0 Å². The van der Waals surface area contributed by atoms with Gasteiger partial charge in [0.05, 0.1) is 18.1 Å². The molecule has 1 heterocycles. The van der Waals surface area contributed by atoms with Gasteiger partial charge in [0.15, 0.2) is 0 Å². The van der Waals surface area contributed by atoms with E-state index in [4.69, 9.17) is 15.1 Å². The molecule has 0 aliphatic heterocycles. The number of aromatic nitrogens is 1. The maximum absolute atomic E-state index is 10.5. The summed E-state index contributed by atoms with van der Waals surface area (Å²) in [6.45, 7) is 0.286. The zero-order chi connectivity index (χ0) is 12.7. The lowest BCUT2D eigenvalue weighted by Gasteiger charge is -2.14. The molecule has 0 bridgehead atoms. The lowest BCUT2D eigenvalue weighted by Crippen LogP contribution is -2.25. The standard InChI is InChI=1S/C11H13N3O3/c1-17-9(5-10(15)16)7-14-11-8(6-12)3-2-4-13-11/h2-4,9H,5,7H2,1H3,(H,13,14)(H,15,16). The van der Waals surface area contributed by atoms with Crippen LogP contribution in [0.15, 0.2) is 18.3 Å². The van der Waals surface area contributed by atoms with Crippen LogP contribution >= 0.6 is 0 Å². The van der Waals surface area contributed by atoms with Gasteiger partial charge >= 0.3 is 5.97 Å². The van der Waals surface area contributed by atoms with E-state index in [1.807, 2.05) is 6.07 Å². The zero-order valence-corrected chi connectivity index (χ0v) is 9.38. The number of nitrogens with one attached hydrogen (secondary N) is 1. The Morgan fingerprint density at radius 2 is 2.53 bits per heavy atom. The average Bonchev–Trinajstić information content (AvgIpc) is 2.34. The molecular formula is C11H13N3O3. The largest absolute Gasteiger partial charge is 0.481 e. The number of methoxy groups -OCH3 is 1. The second kappa shape index (κ2) is 6.45. The third-order valence-electron chi connectivity index (χ3n) is 2.16. The van der Waals surface area contributed by atoms with Crippen molar-refractivity contribution in [1.82, 2.24) is 4.98 Å². The molecule has 0 amide bonds. The van der Waals surface area contributed by atoms with E-state index in [1.165, 1.54) is 7.11 Å². The summed E-state index contributed by atoms with van der Waals surface area (Å²) in [5.41, 5.74) is 0.415. The van der Waals surface area contributed by atoms with Crippen LogP contribution in [-0.2, 0) is 9.53 Å². The molecule has 2 N–H and O–H groups in total. The Bertz CT molecular complexity index is 428. The van der Waals surface area contributed by atoms with Gasteiger partial charge in [-0.2, -0.15) is 5.26 Å². The van der Waals surface area contributed by atoms with Gasteiger partial charge < -0.3 is 15.2 Å². The fourth-order valence-corrected chi connectivity index (χ4v) is 1.28. The van der Waals surface area contributed by atoms with Crippen molar-refractivity contribution in [3.63, 3.8) is 0 Å². The third-order valence-corrected chi connectivity index (χ3v) is 2.16. The molecule has 0 fully saturated rings. The maximum atomic E-state index is 10.5. The Hall–Kier alpha value is -2.13. The van der Waals surface area contributed by atoms with Crippen molar-refractivity contribution in [2.45, 2.75) is 12.5 Å². The van der Waals surface area contributed by atoms with E-state index in [0.717, 1.165) is 0 Å². The number of pyridine rings is 1. The smallest absolute Gasteiger partial charge is 0.306 e. The van der Waals surface area contributed by atoms with Crippen molar-refractivity contribution in [3.8, 4) is 6.07 Å². The first-order valence-electron chi connectivity index (χ1n) is 5.01. The minimum Gasteiger partial charge on any atom is -0.481 e. The van der Waals surface area contributed by atoms with Crippen LogP contribution in [0, 0.1) is 11.3 Å². The number of nitrogens with zero attached hydrogens (tertiary/aromatic N) is 2. The first kappa shape index (κ1) is 12.9. The van der Waals surface area contributed by atoms with Gasteiger partial charge in [0.2, 0.25) is 0 Å². The fourth-order valence-electron chi connectivity index (χ4n) is 1.28. The van der Waals surface area contributed by atoms with Crippen molar-refractivity contribution in [2.24, 2.45) is 0 Å². The minimum atomic E-state index is -0.930. The van der Waals surface area contributed by atoms with Gasteiger partial charge in [0, 0.05) is 19.9 Å². The lowest BCUT2D eigenvalue weighted by molar-refractivity contribution is -0.139. The second-order valence-corrected chi connectivity index (χ2v) is 3.35. The second-order valence-electron chi connectivity index (χ2n) is 3.35. The summed E-state index contributed by atoms with van der Waals surface area (Å²) in [5.74, 6) is -0.498. The highest BCUT2D eigenvalue weighted by Gasteiger charge is 2.13. The Kier molecular flexibility index (Phi) is 4.91. The number of hydrogen-bond donors (Lipinski definition) is 2. The summed E-state index contributed by atoms with van der Waals surface area (Å²) in [6.07, 6.45) is 1.00. The van der Waals surface area contributed by atoms with Crippen molar-refractivity contribution >= 4 is 11.8 Å². The molecule has 1 aromatic heterocycles. The first-order chi connectivity index (χ1) is 8.17. The molecule has 1 atom stereocenters. The van der Waals surface area contributed by atoms with E-state index in [2.05, 4.69) is 10.3 Å². The maximum Gasteiger partial charge on any atom is 0.306 e. The SMILES string of the molecule is COC(CNc1ncccc1C#N)CC(=O)O. The zero-order valence-electron chi connectivity index (χ0n) is 9.38. The molecular weight excluding hydrogens is 222 g/mol. The molecule has 0 aromatic carbocycles. The number of ether oxygens (including phenoxy) is 1. The molecule has 0 radical (unpaired) electrons. The van der Waals surface area contributed by atoms with Crippen LogP contribution in [0.25, 0.3) is 0 Å². The Labute approximate surface area is 98.9 Å². The number of carboxylic acid groups (broad SMARTS) is 1. The molecule has 0 aliphatic carbocycles. The number of anilines is 1. The predicted molar refractivity (Wildman–Crippen MR) is 60.5 cm³/mol. The Morgan fingerprint density at radius 3 is 3.12 bits per heavy atom. The molecule has 0 aliphatic rings. The molecule has 0 saturated carbocycles. The van der Waals surface area contributed by atoms with E-state index in [-0.39, 0.29) is 13.0 Å². The van der Waals surface area contributed by atoms with E-state index >= 15 is 0 Å². The van der Waals surface area contributed by atoms with Gasteiger partial charge in [0.1, 0.15) is 11.9 Å². The summed E-state index contributed by atoms with van der Waals surface area (Å²) in [4.78, 5) is 14.5. The monoisotopic (exact) mass is 235 g/mol. The number of carboxylic acids is 1. The van der Waals surface area contributed by atoms with Gasteiger partial charge in [-0.3, -0.25) is 4.79 Å². The third kappa shape index (κ3) is 4.09. The molecule has 1 aromatic rings. The normalized spacial score (nSPS) is 11.5. The molecule has 6 heteroatoms. The van der Waals surface area contributed by atoms with Crippen LogP contribution in [-0.4, -0.2) is 35.8 Å². The average molecular weight is 235 g/mol. The topological polar surface area (TPSA) is 95.2 Å². The molecule has 6 nitrogen and oxygen atoms in total. The van der Waals surface area contributed by atoms with Crippen molar-refractivity contribution in [1.29, 1.82) is 5.26 Å². The van der Waals surface area contributed by atoms with Gasteiger partial charge in [-0.05, 0) is 12.1 Å². The number of nitriles is 1. The van der Waals surface area contributed by atoms with E-state index < -0.39 is 12.1 Å². The van der Waals surface area contributed by atoms with E-state index in [0.29, 0.717) is 11.4 Å².